The number of H-pyrrole nitrogens is 1. The Hall–Kier alpha value is -1.58. The smallest absolute Gasteiger partial charge is 0.0924 e. The number of nitrogens with one attached hydrogen (secondary N) is 1. The van der Waals surface area contributed by atoms with Gasteiger partial charge >= 0.3 is 0 Å². The summed E-state index contributed by atoms with van der Waals surface area (Å²) in [6.07, 6.45) is 5.30. The molecule has 0 radical (unpaired) electrons. The Labute approximate surface area is 57.2 Å². The summed E-state index contributed by atoms with van der Waals surface area (Å²) >= 11 is 0. The molecule has 1 rings (SSSR count). The van der Waals surface area contributed by atoms with Gasteiger partial charge in [0.15, 0.2) is 0 Å². The van der Waals surface area contributed by atoms with E-state index in [4.69, 9.17) is 0 Å². The van der Waals surface area contributed by atoms with Gasteiger partial charge in [-0.1, -0.05) is 0 Å². The van der Waals surface area contributed by atoms with Crippen LogP contribution < -0.4 is 5.11 Å². The molecule has 0 bridgehead atoms. The minimum Gasteiger partial charge on any atom is -0.545 e. The van der Waals surface area contributed by atoms with Crippen LogP contribution in [0.4, 0.5) is 0 Å². The Morgan fingerprint density at radius 1 is 1.80 bits per heavy atom. The number of aliphatic carboxylic acids is 1. The van der Waals surface area contributed by atoms with Crippen molar-refractivity contribution in [3.05, 3.63) is 24.3 Å². The van der Waals surface area contributed by atoms with Gasteiger partial charge in [0.05, 0.1) is 24.2 Å². The number of carbonyl (C=O) groups excluding carboxylic acids is 1. The van der Waals surface area contributed by atoms with Crippen LogP contribution >= 0.6 is 0 Å². The highest BCUT2D eigenvalue weighted by Crippen LogP contribution is 1.92. The summed E-state index contributed by atoms with van der Waals surface area (Å²) in [6.45, 7) is 0. The van der Waals surface area contributed by atoms with Crippen molar-refractivity contribution in [3.63, 3.8) is 0 Å². The maximum Gasteiger partial charge on any atom is 0.0924 e. The third-order valence-corrected chi connectivity index (χ3v) is 0.918. The minimum absolute atomic E-state index is 0.643. The van der Waals surface area contributed by atoms with Crippen LogP contribution in [-0.4, -0.2) is 15.9 Å². The molecule has 0 aliphatic rings. The zero-order chi connectivity index (χ0) is 7.40. The Balaban J connectivity index is 2.64. The summed E-state index contributed by atoms with van der Waals surface area (Å²) in [5.41, 5.74) is 0.643. The number of aromatic amines is 1. The Morgan fingerprint density at radius 2 is 2.60 bits per heavy atom. The largest absolute Gasteiger partial charge is 0.545 e. The molecule has 0 unspecified atom stereocenters. The van der Waals surface area contributed by atoms with Crippen LogP contribution in [0.15, 0.2) is 18.6 Å². The fourth-order valence-corrected chi connectivity index (χ4v) is 0.516. The quantitative estimate of drug-likeness (QED) is 0.541. The van der Waals surface area contributed by atoms with E-state index < -0.39 is 5.97 Å². The van der Waals surface area contributed by atoms with Crippen LogP contribution in [0.5, 0.6) is 0 Å². The SMILES string of the molecule is O=C([O-])/C=C\c1cnc[nH]1. The molecular weight excluding hydrogens is 132 g/mol. The number of carbonyl (C=O) groups is 1. The average molecular weight is 137 g/mol. The van der Waals surface area contributed by atoms with E-state index in [0.29, 0.717) is 5.69 Å². The molecule has 1 N–H and O–H groups in total. The zero-order valence-corrected chi connectivity index (χ0v) is 5.07. The lowest BCUT2D eigenvalue weighted by atomic mass is 10.4. The van der Waals surface area contributed by atoms with Crippen molar-refractivity contribution in [1.82, 2.24) is 9.97 Å². The number of hydrogen-bond acceptors (Lipinski definition) is 3. The van der Waals surface area contributed by atoms with Gasteiger partial charge in [0.25, 0.3) is 0 Å². The number of rotatable bonds is 2. The lowest BCUT2D eigenvalue weighted by Crippen LogP contribution is -2.18. The van der Waals surface area contributed by atoms with E-state index in [2.05, 4.69) is 9.97 Å². The van der Waals surface area contributed by atoms with Gasteiger partial charge in [-0.3, -0.25) is 0 Å². The van der Waals surface area contributed by atoms with Crippen molar-refractivity contribution < 1.29 is 9.90 Å². The molecule has 0 fully saturated rings. The highest BCUT2D eigenvalue weighted by molar-refractivity contribution is 5.82. The number of nitrogens with zero attached hydrogens (tertiary/aromatic N) is 1. The third kappa shape index (κ3) is 1.74. The first-order valence-electron chi connectivity index (χ1n) is 2.66. The molecule has 0 saturated carbocycles. The van der Waals surface area contributed by atoms with Crippen molar-refractivity contribution in [2.75, 3.05) is 0 Å². The summed E-state index contributed by atoms with van der Waals surface area (Å²) in [5.74, 6) is -1.21. The summed E-state index contributed by atoms with van der Waals surface area (Å²) in [6, 6.07) is 0. The van der Waals surface area contributed by atoms with Crippen molar-refractivity contribution in [1.29, 1.82) is 0 Å². The molecule has 0 spiro atoms. The molecule has 1 aromatic heterocycles. The van der Waals surface area contributed by atoms with E-state index in [1.165, 1.54) is 18.6 Å². The fourth-order valence-electron chi connectivity index (χ4n) is 0.516. The minimum atomic E-state index is -1.21. The van der Waals surface area contributed by atoms with E-state index in [1.807, 2.05) is 0 Å². The third-order valence-electron chi connectivity index (χ3n) is 0.918. The Bertz CT molecular complexity index is 238. The fraction of sp³-hybridized carbons (Fsp3) is 0. The predicted molar refractivity (Wildman–Crippen MR) is 32.6 cm³/mol. The first-order chi connectivity index (χ1) is 4.79. The van der Waals surface area contributed by atoms with Gasteiger partial charge in [-0.25, -0.2) is 4.98 Å². The highest BCUT2D eigenvalue weighted by Gasteiger charge is 1.82. The summed E-state index contributed by atoms with van der Waals surface area (Å²) < 4.78 is 0. The average Bonchev–Trinajstić information content (AvgIpc) is 2.34. The van der Waals surface area contributed by atoms with Crippen LogP contribution in [0, 0.1) is 0 Å². The standard InChI is InChI=1S/C6H6N2O2/c9-6(10)2-1-5-3-7-4-8-5/h1-4H,(H,7,8)(H,9,10)/p-1/b2-1-. The predicted octanol–water partition coefficient (Wildman–Crippen LogP) is -0.827. The number of carboxylic acids is 1. The highest BCUT2D eigenvalue weighted by atomic mass is 16.4. The van der Waals surface area contributed by atoms with Crippen LogP contribution in [0.2, 0.25) is 0 Å². The van der Waals surface area contributed by atoms with E-state index in [9.17, 15) is 9.90 Å². The Morgan fingerprint density at radius 3 is 3.10 bits per heavy atom. The molecule has 10 heavy (non-hydrogen) atoms. The number of carboxylic acid groups (broad SMARTS) is 1. The van der Waals surface area contributed by atoms with Crippen LogP contribution in [0.1, 0.15) is 5.69 Å². The first kappa shape index (κ1) is 6.54. The molecule has 0 aliphatic carbocycles. The topological polar surface area (TPSA) is 68.8 Å². The second-order valence-electron chi connectivity index (χ2n) is 1.66. The molecule has 1 aromatic rings. The van der Waals surface area contributed by atoms with Gasteiger partial charge in [-0.15, -0.1) is 0 Å². The van der Waals surface area contributed by atoms with Gasteiger partial charge in [0, 0.05) is 0 Å². The van der Waals surface area contributed by atoms with Crippen LogP contribution in [0.25, 0.3) is 6.08 Å². The normalized spacial score (nSPS) is 10.4. The maximum absolute atomic E-state index is 9.86. The summed E-state index contributed by atoms with van der Waals surface area (Å²) in [4.78, 5) is 16.2. The molecule has 0 atom stereocenters. The monoisotopic (exact) mass is 137 g/mol. The van der Waals surface area contributed by atoms with Crippen LogP contribution in [-0.2, 0) is 4.79 Å². The number of imidazole rings is 1. The number of aromatic nitrogens is 2. The molecule has 4 heteroatoms. The lowest BCUT2D eigenvalue weighted by Gasteiger charge is -1.87. The molecule has 0 aromatic carbocycles. The van der Waals surface area contributed by atoms with Crippen molar-refractivity contribution in [2.45, 2.75) is 0 Å². The van der Waals surface area contributed by atoms with Crippen molar-refractivity contribution >= 4 is 12.0 Å². The molecular formula is C6H5N2O2-. The van der Waals surface area contributed by atoms with Gasteiger partial charge in [0.1, 0.15) is 0 Å². The molecule has 1 heterocycles. The van der Waals surface area contributed by atoms with Gasteiger partial charge < -0.3 is 14.9 Å². The molecule has 0 aliphatic heterocycles. The van der Waals surface area contributed by atoms with E-state index in [-0.39, 0.29) is 0 Å². The second kappa shape index (κ2) is 2.82. The molecule has 52 valence electrons. The first-order valence-corrected chi connectivity index (χ1v) is 2.66. The number of hydrogen-bond donors (Lipinski definition) is 1. The van der Waals surface area contributed by atoms with E-state index in [0.717, 1.165) is 6.08 Å². The van der Waals surface area contributed by atoms with E-state index in [1.54, 1.807) is 0 Å². The molecule has 0 amide bonds. The second-order valence-corrected chi connectivity index (χ2v) is 1.66. The summed E-state index contributed by atoms with van der Waals surface area (Å²) in [7, 11) is 0. The van der Waals surface area contributed by atoms with E-state index >= 15 is 0 Å². The molecule has 4 nitrogen and oxygen atoms in total. The summed E-state index contributed by atoms with van der Waals surface area (Å²) in [5, 5.41) is 9.86. The Kier molecular flexibility index (Phi) is 1.84. The van der Waals surface area contributed by atoms with Gasteiger partial charge in [0.2, 0.25) is 0 Å². The van der Waals surface area contributed by atoms with Gasteiger partial charge in [-0.05, 0) is 12.2 Å². The lowest BCUT2D eigenvalue weighted by molar-refractivity contribution is -0.297. The van der Waals surface area contributed by atoms with Crippen molar-refractivity contribution in [2.24, 2.45) is 0 Å². The van der Waals surface area contributed by atoms with Crippen molar-refractivity contribution in [3.8, 4) is 0 Å². The van der Waals surface area contributed by atoms with Gasteiger partial charge in [-0.2, -0.15) is 0 Å². The zero-order valence-electron chi connectivity index (χ0n) is 5.07. The molecule has 0 saturated heterocycles. The maximum atomic E-state index is 9.86. The van der Waals surface area contributed by atoms with Crippen LogP contribution in [0.3, 0.4) is 0 Å².